The molecule has 0 aromatic carbocycles. The lowest BCUT2D eigenvalue weighted by atomic mass is 10.1. The molecule has 1 saturated heterocycles. The predicted molar refractivity (Wildman–Crippen MR) is 101 cm³/mol. The van der Waals surface area contributed by atoms with Crippen molar-refractivity contribution in [1.29, 1.82) is 5.26 Å². The Morgan fingerprint density at radius 3 is 2.32 bits per heavy atom. The number of amides is 1. The summed E-state index contributed by atoms with van der Waals surface area (Å²) in [6.45, 7) is 15.8. The molecule has 1 heterocycles. The number of hydrogen-bond acceptors (Lipinski definition) is 4. The summed E-state index contributed by atoms with van der Waals surface area (Å²) >= 11 is 0. The molecule has 0 spiro atoms. The van der Waals surface area contributed by atoms with E-state index >= 15 is 0 Å². The summed E-state index contributed by atoms with van der Waals surface area (Å²) in [6, 6.07) is 2.27. The fourth-order valence-corrected chi connectivity index (χ4v) is 2.61. The number of piperazine rings is 1. The van der Waals surface area contributed by atoms with E-state index in [1.54, 1.807) is 4.90 Å². The van der Waals surface area contributed by atoms with Crippen LogP contribution < -0.4 is 0 Å². The zero-order valence-electron chi connectivity index (χ0n) is 16.6. The van der Waals surface area contributed by atoms with Crippen LogP contribution >= 0.6 is 0 Å². The first-order valence-corrected chi connectivity index (χ1v) is 8.71. The molecule has 0 aliphatic carbocycles. The van der Waals surface area contributed by atoms with Crippen LogP contribution in [-0.2, 0) is 4.74 Å². The van der Waals surface area contributed by atoms with Gasteiger partial charge in [0.2, 0.25) is 0 Å². The van der Waals surface area contributed by atoms with Crippen LogP contribution in [-0.4, -0.2) is 47.2 Å². The molecular formula is C20H31N3O2. The highest BCUT2D eigenvalue weighted by atomic mass is 16.6. The molecule has 0 bridgehead atoms. The molecule has 0 radical (unpaired) electrons. The molecule has 0 aromatic rings. The fourth-order valence-electron chi connectivity index (χ4n) is 2.61. The van der Waals surface area contributed by atoms with Gasteiger partial charge >= 0.3 is 6.09 Å². The third-order valence-electron chi connectivity index (χ3n) is 3.83. The average molecular weight is 345 g/mol. The van der Waals surface area contributed by atoms with Gasteiger partial charge in [0.15, 0.2) is 0 Å². The van der Waals surface area contributed by atoms with Crippen LogP contribution in [0.5, 0.6) is 0 Å². The van der Waals surface area contributed by atoms with Crippen molar-refractivity contribution in [3.63, 3.8) is 0 Å². The molecule has 0 aromatic heterocycles. The number of nitriles is 1. The predicted octanol–water partition coefficient (Wildman–Crippen LogP) is 4.25. The average Bonchev–Trinajstić information content (AvgIpc) is 2.48. The summed E-state index contributed by atoms with van der Waals surface area (Å²) in [5.74, 6) is 0. The van der Waals surface area contributed by atoms with Gasteiger partial charge in [-0.1, -0.05) is 5.57 Å². The van der Waals surface area contributed by atoms with Crippen molar-refractivity contribution < 1.29 is 9.53 Å². The zero-order chi connectivity index (χ0) is 19.2. The summed E-state index contributed by atoms with van der Waals surface area (Å²) in [6.07, 6.45) is 5.42. The van der Waals surface area contributed by atoms with Crippen LogP contribution in [0.3, 0.4) is 0 Å². The molecule has 1 aliphatic heterocycles. The lowest BCUT2D eigenvalue weighted by Gasteiger charge is -2.41. The van der Waals surface area contributed by atoms with E-state index in [-0.39, 0.29) is 12.1 Å². The Morgan fingerprint density at radius 1 is 1.20 bits per heavy atom. The molecule has 138 valence electrons. The minimum Gasteiger partial charge on any atom is -0.444 e. The maximum absolute atomic E-state index is 12.3. The van der Waals surface area contributed by atoms with Gasteiger partial charge in [-0.15, -0.1) is 0 Å². The van der Waals surface area contributed by atoms with Gasteiger partial charge in [0.1, 0.15) is 5.60 Å². The quantitative estimate of drug-likeness (QED) is 0.567. The number of carbonyl (C=O) groups is 1. The second kappa shape index (κ2) is 8.75. The lowest BCUT2D eigenvalue weighted by Crippen LogP contribution is -2.54. The summed E-state index contributed by atoms with van der Waals surface area (Å²) in [5.41, 5.74) is 2.34. The number of carbonyl (C=O) groups excluding carboxylic acids is 1. The van der Waals surface area contributed by atoms with Crippen molar-refractivity contribution in [3.05, 3.63) is 35.1 Å². The van der Waals surface area contributed by atoms with Gasteiger partial charge in [0.05, 0.1) is 11.6 Å². The highest BCUT2D eigenvalue weighted by Crippen LogP contribution is 2.18. The van der Waals surface area contributed by atoms with Gasteiger partial charge in [-0.3, -0.25) is 0 Å². The first kappa shape index (κ1) is 20.8. The lowest BCUT2D eigenvalue weighted by molar-refractivity contribution is 0.00499. The fraction of sp³-hybridized carbons (Fsp3) is 0.600. The monoisotopic (exact) mass is 345 g/mol. The van der Waals surface area contributed by atoms with E-state index in [0.717, 1.165) is 24.4 Å². The van der Waals surface area contributed by atoms with E-state index in [4.69, 9.17) is 10.00 Å². The Kier molecular flexibility index (Phi) is 7.29. The summed E-state index contributed by atoms with van der Waals surface area (Å²) in [7, 11) is 0. The van der Waals surface area contributed by atoms with Gasteiger partial charge in [-0.2, -0.15) is 5.26 Å². The second-order valence-electron chi connectivity index (χ2n) is 7.73. The molecule has 1 aliphatic rings. The van der Waals surface area contributed by atoms with Gasteiger partial charge < -0.3 is 14.5 Å². The third kappa shape index (κ3) is 7.04. The van der Waals surface area contributed by atoms with E-state index in [1.807, 2.05) is 66.7 Å². The standard InChI is InChI=1S/C20H31N3O2/c1-15(2)12-18(13-21)9-8-16(3)22-10-11-23(17(4)14-22)19(24)25-20(5,6)7/h8-9,12,17H,10-11,14H2,1-7H3/b16-8+,18-9+. The number of hydrogen-bond donors (Lipinski definition) is 0. The molecule has 0 saturated carbocycles. The maximum atomic E-state index is 12.3. The van der Waals surface area contributed by atoms with Crippen LogP contribution in [0, 0.1) is 11.3 Å². The normalized spacial score (nSPS) is 19.4. The van der Waals surface area contributed by atoms with E-state index in [9.17, 15) is 4.79 Å². The minimum atomic E-state index is -0.479. The Hall–Kier alpha value is -2.22. The van der Waals surface area contributed by atoms with Crippen LogP contribution in [0.2, 0.25) is 0 Å². The first-order valence-electron chi connectivity index (χ1n) is 8.71. The second-order valence-corrected chi connectivity index (χ2v) is 7.73. The topological polar surface area (TPSA) is 56.6 Å². The van der Waals surface area contributed by atoms with Crippen molar-refractivity contribution in [3.8, 4) is 6.07 Å². The van der Waals surface area contributed by atoms with Crippen molar-refractivity contribution in [2.45, 2.75) is 60.1 Å². The summed E-state index contributed by atoms with van der Waals surface area (Å²) in [5, 5.41) is 9.17. The van der Waals surface area contributed by atoms with E-state index < -0.39 is 5.60 Å². The SMILES string of the molecule is CC(C)=C/C(C#N)=C\C=C(/C)N1CCN(C(=O)OC(C)(C)C)C(C)C1. The van der Waals surface area contributed by atoms with E-state index in [2.05, 4.69) is 11.0 Å². The Morgan fingerprint density at radius 2 is 1.84 bits per heavy atom. The number of nitrogens with zero attached hydrogens (tertiary/aromatic N) is 3. The molecule has 1 rings (SSSR count). The largest absolute Gasteiger partial charge is 0.444 e. The van der Waals surface area contributed by atoms with Crippen LogP contribution in [0.15, 0.2) is 35.1 Å². The Bertz CT molecular complexity index is 614. The van der Waals surface area contributed by atoms with Gasteiger partial charge in [-0.05, 0) is 66.7 Å². The first-order chi connectivity index (χ1) is 11.5. The van der Waals surface area contributed by atoms with Crippen LogP contribution in [0.25, 0.3) is 0 Å². The molecule has 25 heavy (non-hydrogen) atoms. The van der Waals surface area contributed by atoms with Crippen molar-refractivity contribution >= 4 is 6.09 Å². The van der Waals surface area contributed by atoms with E-state index in [1.165, 1.54) is 0 Å². The van der Waals surface area contributed by atoms with Crippen molar-refractivity contribution in [1.82, 2.24) is 9.80 Å². The zero-order valence-corrected chi connectivity index (χ0v) is 16.6. The highest BCUT2D eigenvalue weighted by molar-refractivity contribution is 5.68. The highest BCUT2D eigenvalue weighted by Gasteiger charge is 2.30. The molecular weight excluding hydrogens is 314 g/mol. The summed E-state index contributed by atoms with van der Waals surface area (Å²) < 4.78 is 5.48. The molecule has 5 nitrogen and oxygen atoms in total. The maximum Gasteiger partial charge on any atom is 0.410 e. The van der Waals surface area contributed by atoms with Crippen molar-refractivity contribution in [2.24, 2.45) is 0 Å². The smallest absolute Gasteiger partial charge is 0.410 e. The van der Waals surface area contributed by atoms with Gasteiger partial charge in [-0.25, -0.2) is 4.79 Å². The number of allylic oxidation sites excluding steroid dienone is 6. The molecule has 5 heteroatoms. The van der Waals surface area contributed by atoms with Gasteiger partial charge in [0, 0.05) is 31.4 Å². The molecule has 1 atom stereocenters. The molecule has 0 N–H and O–H groups in total. The minimum absolute atomic E-state index is 0.0733. The number of rotatable bonds is 3. The Labute approximate surface area is 152 Å². The molecule has 1 fully saturated rings. The molecule has 1 amide bonds. The van der Waals surface area contributed by atoms with Crippen LogP contribution in [0.4, 0.5) is 4.79 Å². The van der Waals surface area contributed by atoms with Crippen LogP contribution in [0.1, 0.15) is 48.5 Å². The van der Waals surface area contributed by atoms with Gasteiger partial charge in [0.25, 0.3) is 0 Å². The molecule has 1 unspecified atom stereocenters. The summed E-state index contributed by atoms with van der Waals surface area (Å²) in [4.78, 5) is 16.3. The number of ether oxygens (including phenoxy) is 1. The third-order valence-corrected chi connectivity index (χ3v) is 3.83. The van der Waals surface area contributed by atoms with E-state index in [0.29, 0.717) is 12.1 Å². The Balaban J connectivity index is 2.75. The van der Waals surface area contributed by atoms with Crippen molar-refractivity contribution in [2.75, 3.05) is 19.6 Å².